The Morgan fingerprint density at radius 1 is 1.16 bits per heavy atom. The Hall–Kier alpha value is -3.04. The van der Waals surface area contributed by atoms with Gasteiger partial charge in [-0.15, -0.1) is 11.3 Å². The molecule has 3 rings (SSSR count). The molecule has 168 valence electrons. The zero-order chi connectivity index (χ0) is 23.1. The zero-order valence-corrected chi connectivity index (χ0v) is 20.0. The number of hydrogen-bond acceptors (Lipinski definition) is 8. The number of rotatable bonds is 9. The van der Waals surface area contributed by atoms with Gasteiger partial charge in [-0.1, -0.05) is 24.3 Å². The van der Waals surface area contributed by atoms with Crippen LogP contribution < -0.4 is 15.8 Å². The summed E-state index contributed by atoms with van der Waals surface area (Å²) in [6.07, 6.45) is 0. The normalized spacial score (nSPS) is 10.5. The molecule has 0 unspecified atom stereocenters. The molecule has 0 aliphatic heterocycles. The number of ether oxygens (including phenoxy) is 3. The third-order valence-corrected chi connectivity index (χ3v) is 6.61. The molecule has 1 heterocycles. The summed E-state index contributed by atoms with van der Waals surface area (Å²) in [6.45, 7) is 2.26. The number of nitrogens with one attached hydrogen (secondary N) is 1. The lowest BCUT2D eigenvalue weighted by Gasteiger charge is -2.09. The highest BCUT2D eigenvalue weighted by molar-refractivity contribution is 9.10. The second-order valence-electron chi connectivity index (χ2n) is 6.67. The number of carbonyl (C=O) groups is 2. The van der Waals surface area contributed by atoms with Crippen molar-refractivity contribution in [2.24, 2.45) is 0 Å². The van der Waals surface area contributed by atoms with Crippen molar-refractivity contribution >= 4 is 50.6 Å². The monoisotopic (exact) mass is 518 g/mol. The van der Waals surface area contributed by atoms with E-state index < -0.39 is 11.9 Å². The molecule has 1 aromatic heterocycles. The van der Waals surface area contributed by atoms with Crippen LogP contribution in [0.4, 0.5) is 11.4 Å². The van der Waals surface area contributed by atoms with E-state index in [1.165, 1.54) is 18.4 Å². The van der Waals surface area contributed by atoms with Crippen molar-refractivity contribution in [1.29, 1.82) is 0 Å². The zero-order valence-electron chi connectivity index (χ0n) is 17.6. The maximum absolute atomic E-state index is 12.3. The van der Waals surface area contributed by atoms with Gasteiger partial charge in [-0.05, 0) is 58.2 Å². The lowest BCUT2D eigenvalue weighted by atomic mass is 10.1. The van der Waals surface area contributed by atoms with E-state index in [0.717, 1.165) is 21.7 Å². The Morgan fingerprint density at radius 2 is 1.94 bits per heavy atom. The second kappa shape index (κ2) is 11.0. The van der Waals surface area contributed by atoms with Crippen LogP contribution in [0.25, 0.3) is 10.4 Å². The summed E-state index contributed by atoms with van der Waals surface area (Å²) < 4.78 is 16.0. The summed E-state index contributed by atoms with van der Waals surface area (Å²) in [5, 5.41) is 3.38. The highest BCUT2D eigenvalue weighted by Gasteiger charge is 2.25. The maximum atomic E-state index is 12.3. The number of esters is 2. The second-order valence-corrected chi connectivity index (χ2v) is 8.48. The molecule has 0 aliphatic rings. The number of methoxy groups -OCH3 is 1. The molecule has 0 radical (unpaired) electrons. The van der Waals surface area contributed by atoms with Crippen LogP contribution in [0.15, 0.2) is 53.0 Å². The highest BCUT2D eigenvalue weighted by Crippen LogP contribution is 2.46. The van der Waals surface area contributed by atoms with Gasteiger partial charge < -0.3 is 25.3 Å². The largest absolute Gasteiger partial charge is 0.479 e. The van der Waals surface area contributed by atoms with Crippen LogP contribution in [0.2, 0.25) is 0 Å². The maximum Gasteiger partial charge on any atom is 0.351 e. The predicted octanol–water partition coefficient (Wildman–Crippen LogP) is 5.10. The van der Waals surface area contributed by atoms with E-state index in [9.17, 15) is 9.59 Å². The number of hydrogen-bond donors (Lipinski definition) is 2. The summed E-state index contributed by atoms with van der Waals surface area (Å²) in [6, 6.07) is 15.5. The van der Waals surface area contributed by atoms with Crippen molar-refractivity contribution in [2.75, 3.05) is 31.4 Å². The number of benzene rings is 2. The smallest absolute Gasteiger partial charge is 0.351 e. The van der Waals surface area contributed by atoms with Crippen LogP contribution in [0.5, 0.6) is 5.75 Å². The first-order valence-corrected chi connectivity index (χ1v) is 11.4. The van der Waals surface area contributed by atoms with Crippen molar-refractivity contribution in [3.8, 4) is 16.2 Å². The van der Waals surface area contributed by atoms with Gasteiger partial charge in [0.2, 0.25) is 0 Å². The molecular formula is C23H23BrN2O5S. The molecule has 0 saturated heterocycles. The van der Waals surface area contributed by atoms with Crippen LogP contribution in [-0.2, 0) is 20.8 Å². The molecule has 0 saturated carbocycles. The molecule has 0 bridgehead atoms. The number of carbonyl (C=O) groups excluding carboxylic acids is 2. The Balaban J connectivity index is 1.85. The average molecular weight is 519 g/mol. The van der Waals surface area contributed by atoms with E-state index in [2.05, 4.69) is 21.2 Å². The molecule has 0 amide bonds. The van der Waals surface area contributed by atoms with Crippen molar-refractivity contribution < 1.29 is 23.8 Å². The molecule has 0 aliphatic carbocycles. The Labute approximate surface area is 198 Å². The fourth-order valence-electron chi connectivity index (χ4n) is 2.95. The first-order chi connectivity index (χ1) is 15.4. The van der Waals surface area contributed by atoms with Gasteiger partial charge in [0.25, 0.3) is 0 Å². The minimum absolute atomic E-state index is 0.247. The van der Waals surface area contributed by atoms with Gasteiger partial charge in [-0.2, -0.15) is 0 Å². The number of thiophene rings is 1. The van der Waals surface area contributed by atoms with E-state index in [1.54, 1.807) is 6.92 Å². The van der Waals surface area contributed by atoms with Crippen LogP contribution in [0.3, 0.4) is 0 Å². The average Bonchev–Trinajstić information content (AvgIpc) is 3.12. The summed E-state index contributed by atoms with van der Waals surface area (Å²) in [4.78, 5) is 25.1. The molecule has 32 heavy (non-hydrogen) atoms. The number of nitrogens with two attached hydrogens (primary N) is 1. The summed E-state index contributed by atoms with van der Waals surface area (Å²) >= 11 is 4.74. The minimum Gasteiger partial charge on any atom is -0.479 e. The van der Waals surface area contributed by atoms with Crippen molar-refractivity contribution in [3.63, 3.8) is 0 Å². The molecule has 0 fully saturated rings. The van der Waals surface area contributed by atoms with E-state index in [1.807, 2.05) is 48.5 Å². The Kier molecular flexibility index (Phi) is 8.13. The number of halogens is 1. The van der Waals surface area contributed by atoms with Crippen molar-refractivity contribution in [3.05, 3.63) is 63.4 Å². The molecule has 3 N–H and O–H groups in total. The first kappa shape index (κ1) is 23.6. The van der Waals surface area contributed by atoms with Gasteiger partial charge in [0, 0.05) is 17.9 Å². The van der Waals surface area contributed by atoms with Gasteiger partial charge >= 0.3 is 11.9 Å². The van der Waals surface area contributed by atoms with Gasteiger partial charge in [0.15, 0.2) is 17.2 Å². The van der Waals surface area contributed by atoms with Gasteiger partial charge in [0.1, 0.15) is 0 Å². The Morgan fingerprint density at radius 3 is 2.66 bits per heavy atom. The van der Waals surface area contributed by atoms with Crippen LogP contribution >= 0.6 is 27.3 Å². The third-order valence-electron chi connectivity index (χ3n) is 4.39. The van der Waals surface area contributed by atoms with E-state index >= 15 is 0 Å². The van der Waals surface area contributed by atoms with Gasteiger partial charge in [-0.3, -0.25) is 0 Å². The first-order valence-electron chi connectivity index (χ1n) is 9.80. The Bertz CT molecular complexity index is 1120. The van der Waals surface area contributed by atoms with Crippen molar-refractivity contribution in [1.82, 2.24) is 0 Å². The molecule has 7 nitrogen and oxygen atoms in total. The highest BCUT2D eigenvalue weighted by atomic mass is 79.9. The van der Waals surface area contributed by atoms with E-state index in [4.69, 9.17) is 19.9 Å². The quantitative estimate of drug-likeness (QED) is 0.300. The molecule has 3 aromatic rings. The molecule has 0 spiro atoms. The molecular weight excluding hydrogens is 496 g/mol. The fourth-order valence-corrected chi connectivity index (χ4v) is 4.92. The summed E-state index contributed by atoms with van der Waals surface area (Å²) in [5.41, 5.74) is 9.40. The predicted molar refractivity (Wildman–Crippen MR) is 129 cm³/mol. The standard InChI is InChI=1S/C23H23BrN2O5S/c1-3-30-18(27)13-31-20-19(24)21(32-22(20)23(28)29-2)15-7-5-9-17(11-15)26-12-14-6-4-8-16(25)10-14/h4-11,26H,3,12-13,25H2,1-2H3. The summed E-state index contributed by atoms with van der Waals surface area (Å²) in [5.74, 6) is -0.810. The lowest BCUT2D eigenvalue weighted by molar-refractivity contribution is -0.145. The van der Waals surface area contributed by atoms with E-state index in [0.29, 0.717) is 16.7 Å². The third kappa shape index (κ3) is 5.80. The van der Waals surface area contributed by atoms with Gasteiger partial charge in [-0.25, -0.2) is 9.59 Å². The van der Waals surface area contributed by atoms with Crippen molar-refractivity contribution in [2.45, 2.75) is 13.5 Å². The van der Waals surface area contributed by atoms with Crippen LogP contribution in [-0.4, -0.2) is 32.3 Å². The van der Waals surface area contributed by atoms with E-state index in [-0.39, 0.29) is 23.8 Å². The molecule has 0 atom stereocenters. The lowest BCUT2D eigenvalue weighted by Crippen LogP contribution is -2.15. The minimum atomic E-state index is -0.545. The topological polar surface area (TPSA) is 99.9 Å². The number of anilines is 2. The van der Waals surface area contributed by atoms with Crippen LogP contribution in [0.1, 0.15) is 22.2 Å². The van der Waals surface area contributed by atoms with Gasteiger partial charge in [0.05, 0.1) is 23.1 Å². The fraction of sp³-hybridized carbons (Fsp3) is 0.217. The molecule has 9 heteroatoms. The summed E-state index contributed by atoms with van der Waals surface area (Å²) in [7, 11) is 1.30. The SMILES string of the molecule is CCOC(=O)COc1c(C(=O)OC)sc(-c2cccc(NCc3cccc(N)c3)c2)c1Br. The molecule has 2 aromatic carbocycles. The van der Waals surface area contributed by atoms with Crippen LogP contribution in [0, 0.1) is 0 Å². The number of nitrogen functional groups attached to an aromatic ring is 1.